The monoisotopic (exact) mass is 1220 g/mol. The first-order chi connectivity index (χ1) is 39.1. The van der Waals surface area contributed by atoms with Crippen molar-refractivity contribution in [1.29, 1.82) is 0 Å². The quantitative estimate of drug-likeness (QED) is 0.0852. The van der Waals surface area contributed by atoms with Crippen LogP contribution in [0.15, 0.2) is 54.6 Å². The van der Waals surface area contributed by atoms with Crippen LogP contribution in [0, 0.1) is 53.3 Å². The Morgan fingerprint density at radius 3 is 0.869 bits per heavy atom. The Labute approximate surface area is 501 Å². The van der Waals surface area contributed by atoms with Gasteiger partial charge in [0.1, 0.15) is 87.8 Å². The smallest absolute Gasteiger partial charge is 0.485 e. The maximum absolute atomic E-state index is 13.7. The summed E-state index contributed by atoms with van der Waals surface area (Å²) >= 11 is 0. The fourth-order valence-electron chi connectivity index (χ4n) is 12.9. The maximum Gasteiger partial charge on any atom is 0.514 e. The van der Waals surface area contributed by atoms with Crippen LogP contribution in [0.25, 0.3) is 0 Å². The minimum absolute atomic E-state index is 0.136. The number of hydrogen-bond donors (Lipinski definition) is 0. The standard InChI is InChI=1S/3C22H33O5P/c3*1-14(2)16-11-10-15(3)12-19(16)27-21(23)26-18-9-7-8-17-20(18)28(24,13-25-17)22(4,5)6/h3*7-9,14-16,19H,10-13H2,1-6H3/t2*15-,16+,19-,28+;15-,16+,19-,28-/m000/s1. The number of ether oxygens (including phenoxy) is 9. The van der Waals surface area contributed by atoms with Crippen molar-refractivity contribution < 1.29 is 70.7 Å². The highest BCUT2D eigenvalue weighted by Crippen LogP contribution is 2.65. The van der Waals surface area contributed by atoms with Crippen LogP contribution in [-0.2, 0) is 27.9 Å². The molecular formula is C66H99O15P3. The van der Waals surface area contributed by atoms with E-state index in [9.17, 15) is 28.1 Å². The molecule has 468 valence electrons. The third-order valence-electron chi connectivity index (χ3n) is 18.6. The lowest BCUT2D eigenvalue weighted by Gasteiger charge is -2.36. The van der Waals surface area contributed by atoms with E-state index < -0.39 is 55.4 Å². The van der Waals surface area contributed by atoms with Crippen molar-refractivity contribution in [2.75, 3.05) is 19.0 Å². The highest BCUT2D eigenvalue weighted by Gasteiger charge is 2.51. The Bertz CT molecular complexity index is 2650. The molecule has 3 aliphatic heterocycles. The van der Waals surface area contributed by atoms with Gasteiger partial charge in [-0.1, -0.05) is 162 Å². The molecule has 0 aromatic heterocycles. The van der Waals surface area contributed by atoms with E-state index in [0.717, 1.165) is 57.8 Å². The topological polar surface area (TPSA) is 185 Å². The van der Waals surface area contributed by atoms with E-state index in [-0.39, 0.29) is 37.4 Å². The van der Waals surface area contributed by atoms with Gasteiger partial charge in [-0.15, -0.1) is 0 Å². The maximum atomic E-state index is 13.7. The summed E-state index contributed by atoms with van der Waals surface area (Å²) in [5.74, 6) is 6.45. The molecule has 3 aliphatic carbocycles. The van der Waals surface area contributed by atoms with Crippen molar-refractivity contribution in [2.45, 2.75) is 216 Å². The first-order valence-corrected chi connectivity index (χ1v) is 36.5. The summed E-state index contributed by atoms with van der Waals surface area (Å²) < 4.78 is 92.2. The van der Waals surface area contributed by atoms with E-state index in [1.54, 1.807) is 54.6 Å². The second-order valence-corrected chi connectivity index (χ2v) is 39.4. The molecule has 0 amide bonds. The predicted molar refractivity (Wildman–Crippen MR) is 334 cm³/mol. The zero-order valence-electron chi connectivity index (χ0n) is 53.6. The van der Waals surface area contributed by atoms with Gasteiger partial charge in [0.05, 0.1) is 0 Å². The second kappa shape index (κ2) is 26.5. The molecule has 15 nitrogen and oxygen atoms in total. The van der Waals surface area contributed by atoms with Crippen molar-refractivity contribution in [3.05, 3.63) is 54.6 Å². The van der Waals surface area contributed by atoms with Gasteiger partial charge in [0.15, 0.2) is 21.4 Å². The van der Waals surface area contributed by atoms with Gasteiger partial charge in [0.2, 0.25) is 0 Å². The number of benzene rings is 3. The van der Waals surface area contributed by atoms with E-state index in [1.807, 2.05) is 62.3 Å². The number of fused-ring (bicyclic) bond motifs is 3. The molecule has 0 radical (unpaired) electrons. The van der Waals surface area contributed by atoms with Crippen LogP contribution in [0.1, 0.15) is 182 Å². The highest BCUT2D eigenvalue weighted by atomic mass is 31.2. The van der Waals surface area contributed by atoms with Crippen molar-refractivity contribution in [3.63, 3.8) is 0 Å². The van der Waals surface area contributed by atoms with Crippen LogP contribution >= 0.6 is 21.4 Å². The van der Waals surface area contributed by atoms with Crippen LogP contribution < -0.4 is 44.3 Å². The molecule has 84 heavy (non-hydrogen) atoms. The third kappa shape index (κ3) is 14.7. The minimum Gasteiger partial charge on any atom is -0.485 e. The van der Waals surface area contributed by atoms with Gasteiger partial charge in [-0.05, 0) is 128 Å². The molecule has 3 fully saturated rings. The molecule has 3 aromatic rings. The van der Waals surface area contributed by atoms with Crippen LogP contribution in [0.5, 0.6) is 34.5 Å². The summed E-state index contributed by atoms with van der Waals surface area (Å²) in [5.41, 5.74) is 0. The molecule has 0 bridgehead atoms. The SMILES string of the molecule is CC(C)[C@H]1CC[C@H](C)C[C@@H]1OC(=O)Oc1cccc2c1[P@@](=O)(C(C)(C)C)CO2.CC(C)[C@H]1CC[C@H](C)C[C@@H]1OC(=O)Oc1cccc2c1[P@@](=O)(C(C)(C)C)CO2.CC(C)[C@H]1CC[C@H](C)C[C@@H]1OC(=O)Oc1cccc2c1[P@](=O)(C(C)(C)C)CO2. The van der Waals surface area contributed by atoms with Crippen LogP contribution in [-0.4, -0.2) is 71.3 Å². The molecule has 0 unspecified atom stereocenters. The first kappa shape index (κ1) is 67.1. The van der Waals surface area contributed by atoms with E-state index in [0.29, 0.717) is 104 Å². The molecule has 3 aromatic carbocycles. The van der Waals surface area contributed by atoms with Gasteiger partial charge in [-0.3, -0.25) is 0 Å². The lowest BCUT2D eigenvalue weighted by atomic mass is 9.75. The molecule has 3 saturated carbocycles. The third-order valence-corrected chi connectivity index (χ3v) is 30.1. The van der Waals surface area contributed by atoms with Gasteiger partial charge in [-0.25, -0.2) is 14.4 Å². The summed E-state index contributed by atoms with van der Waals surface area (Å²) in [4.78, 5) is 37.9. The van der Waals surface area contributed by atoms with E-state index >= 15 is 0 Å². The van der Waals surface area contributed by atoms with E-state index in [1.165, 1.54) is 0 Å². The van der Waals surface area contributed by atoms with Gasteiger partial charge >= 0.3 is 18.5 Å². The predicted octanol–water partition coefficient (Wildman–Crippen LogP) is 17.4. The molecule has 0 N–H and O–H groups in total. The largest absolute Gasteiger partial charge is 0.514 e. The van der Waals surface area contributed by atoms with Crippen LogP contribution in [0.4, 0.5) is 14.4 Å². The Kier molecular flexibility index (Phi) is 21.2. The summed E-state index contributed by atoms with van der Waals surface area (Å²) in [6.45, 7) is 37.0. The molecule has 3 heterocycles. The Morgan fingerprint density at radius 1 is 0.417 bits per heavy atom. The van der Waals surface area contributed by atoms with Crippen molar-refractivity contribution in [2.24, 2.45) is 53.3 Å². The summed E-state index contributed by atoms with van der Waals surface area (Å²) in [6, 6.07) is 15.6. The summed E-state index contributed by atoms with van der Waals surface area (Å²) in [6.07, 6.45) is 7.07. The highest BCUT2D eigenvalue weighted by molar-refractivity contribution is 7.74. The molecule has 0 spiro atoms. The first-order valence-electron chi connectivity index (χ1n) is 30.8. The fraction of sp³-hybridized carbons (Fsp3) is 0.682. The Hall–Kier alpha value is -4.44. The van der Waals surface area contributed by atoms with Crippen LogP contribution in [0.3, 0.4) is 0 Å². The summed E-state index contributed by atoms with van der Waals surface area (Å²) in [7, 11) is -8.62. The fourth-order valence-corrected chi connectivity index (χ4v) is 20.3. The Balaban J connectivity index is 0.000000181. The number of carbonyl (C=O) groups excluding carboxylic acids is 3. The number of rotatable bonds is 9. The van der Waals surface area contributed by atoms with E-state index in [4.69, 9.17) is 42.6 Å². The average molecular weight is 1230 g/mol. The van der Waals surface area contributed by atoms with Gasteiger partial charge in [0, 0.05) is 15.5 Å². The van der Waals surface area contributed by atoms with Gasteiger partial charge < -0.3 is 56.3 Å². The summed E-state index contributed by atoms with van der Waals surface area (Å²) in [5, 5.41) is 0.126. The molecule has 0 saturated heterocycles. The molecule has 12 atom stereocenters. The van der Waals surface area contributed by atoms with Gasteiger partial charge in [0.25, 0.3) is 0 Å². The average Bonchev–Trinajstić information content (AvgIpc) is 2.50. The minimum atomic E-state index is -2.87. The van der Waals surface area contributed by atoms with Crippen molar-refractivity contribution in [1.82, 2.24) is 0 Å². The van der Waals surface area contributed by atoms with Crippen molar-refractivity contribution in [3.8, 4) is 34.5 Å². The number of hydrogen-bond acceptors (Lipinski definition) is 15. The lowest BCUT2D eigenvalue weighted by molar-refractivity contribution is -0.0142. The molecule has 9 rings (SSSR count). The zero-order chi connectivity index (χ0) is 62.1. The van der Waals surface area contributed by atoms with E-state index in [2.05, 4.69) is 62.3 Å². The lowest BCUT2D eigenvalue weighted by Crippen LogP contribution is -2.36. The number of carbonyl (C=O) groups is 3. The zero-order valence-corrected chi connectivity index (χ0v) is 56.3. The van der Waals surface area contributed by atoms with Gasteiger partial charge in [-0.2, -0.15) is 0 Å². The molecule has 6 aliphatic rings. The molecular weight excluding hydrogens is 1130 g/mol. The van der Waals surface area contributed by atoms with Crippen molar-refractivity contribution >= 4 is 55.8 Å². The second-order valence-electron chi connectivity index (χ2n) is 28.9. The van der Waals surface area contributed by atoms with Crippen LogP contribution in [0.2, 0.25) is 0 Å². The normalized spacial score (nSPS) is 29.9. The molecule has 18 heteroatoms. The Morgan fingerprint density at radius 2 is 0.655 bits per heavy atom.